The molecule has 4 heteroatoms. The van der Waals surface area contributed by atoms with Gasteiger partial charge in [-0.1, -0.05) is 6.92 Å². The van der Waals surface area contributed by atoms with Crippen molar-refractivity contribution < 1.29 is 19.1 Å². The van der Waals surface area contributed by atoms with Gasteiger partial charge in [0.2, 0.25) is 17.0 Å². The van der Waals surface area contributed by atoms with Crippen LogP contribution in [0.25, 0.3) is 0 Å². The highest BCUT2D eigenvalue weighted by Crippen LogP contribution is 2.50. The topological polar surface area (TPSA) is 60.4 Å². The second-order valence-electron chi connectivity index (χ2n) is 3.17. The minimum Gasteiger partial charge on any atom is -0.464 e. The minimum absolute atomic E-state index is 0.215. The van der Waals surface area contributed by atoms with Crippen LogP contribution >= 0.6 is 0 Å². The van der Waals surface area contributed by atoms with Crippen LogP contribution in [0.1, 0.15) is 13.3 Å². The molecule has 4 nitrogen and oxygen atoms in total. The molecule has 0 radical (unpaired) electrons. The molecule has 1 unspecified atom stereocenters. The molecule has 0 aromatic rings. The van der Waals surface area contributed by atoms with Crippen molar-refractivity contribution in [2.24, 2.45) is 11.3 Å². The summed E-state index contributed by atoms with van der Waals surface area (Å²) < 4.78 is 4.69. The predicted molar refractivity (Wildman–Crippen MR) is 37.2 cm³/mol. The van der Waals surface area contributed by atoms with Gasteiger partial charge in [-0.05, 0) is 6.42 Å². The largest absolute Gasteiger partial charge is 0.464 e. The zero-order valence-corrected chi connectivity index (χ0v) is 6.62. The van der Waals surface area contributed by atoms with Crippen molar-refractivity contribution in [2.45, 2.75) is 13.3 Å². The second-order valence-corrected chi connectivity index (χ2v) is 3.17. The predicted octanol–water partition coefficient (Wildman–Crippen LogP) is -0.292. The van der Waals surface area contributed by atoms with Crippen LogP contribution in [0.2, 0.25) is 0 Å². The van der Waals surface area contributed by atoms with Gasteiger partial charge in [-0.3, -0.25) is 14.4 Å². The van der Waals surface area contributed by atoms with Gasteiger partial charge in [0.1, 0.15) is 0 Å². The fraction of sp³-hybridized carbons (Fsp3) is 0.625. The smallest absolute Gasteiger partial charge is 0.328 e. The fourth-order valence-corrected chi connectivity index (χ4v) is 1.81. The van der Waals surface area contributed by atoms with E-state index in [9.17, 15) is 14.4 Å². The van der Waals surface area contributed by atoms with Crippen LogP contribution in [0.5, 0.6) is 0 Å². The lowest BCUT2D eigenvalue weighted by molar-refractivity contribution is -0.144. The molecule has 64 valence electrons. The van der Waals surface area contributed by atoms with E-state index in [2.05, 4.69) is 0 Å². The van der Waals surface area contributed by atoms with E-state index in [1.54, 1.807) is 0 Å². The number of ketones is 2. The number of esters is 1. The Morgan fingerprint density at radius 1 is 1.42 bits per heavy atom. The molecule has 1 saturated heterocycles. The van der Waals surface area contributed by atoms with Crippen molar-refractivity contribution in [3.05, 3.63) is 0 Å². The number of carbonyl (C=O) groups excluding carboxylic acids is 3. The summed E-state index contributed by atoms with van der Waals surface area (Å²) in [6, 6.07) is 0. The maximum absolute atomic E-state index is 11.1. The van der Waals surface area contributed by atoms with Crippen molar-refractivity contribution in [2.75, 3.05) is 6.61 Å². The number of hydrogen-bond donors (Lipinski definition) is 0. The molecule has 1 spiro atoms. The van der Waals surface area contributed by atoms with E-state index in [0.29, 0.717) is 6.42 Å². The molecule has 1 saturated carbocycles. The first-order valence-corrected chi connectivity index (χ1v) is 3.92. The van der Waals surface area contributed by atoms with E-state index in [1.165, 1.54) is 0 Å². The third-order valence-electron chi connectivity index (χ3n) is 2.70. The Morgan fingerprint density at radius 2 is 2.00 bits per heavy atom. The number of rotatable bonds is 1. The number of ether oxygens (including phenoxy) is 1. The lowest BCUT2D eigenvalue weighted by Gasteiger charge is -2.04. The fourth-order valence-electron chi connectivity index (χ4n) is 1.81. The molecule has 0 N–H and O–H groups in total. The number of carbonyl (C=O) groups is 3. The van der Waals surface area contributed by atoms with E-state index in [0.717, 1.165) is 0 Å². The molecule has 1 atom stereocenters. The van der Waals surface area contributed by atoms with Crippen LogP contribution in [-0.2, 0) is 19.1 Å². The van der Waals surface area contributed by atoms with Crippen LogP contribution in [-0.4, -0.2) is 24.1 Å². The molecule has 2 aliphatic rings. The molecule has 1 heterocycles. The lowest BCUT2D eigenvalue weighted by atomic mass is 9.90. The lowest BCUT2D eigenvalue weighted by Crippen LogP contribution is -2.21. The van der Waals surface area contributed by atoms with Gasteiger partial charge in [-0.2, -0.15) is 0 Å². The van der Waals surface area contributed by atoms with Gasteiger partial charge >= 0.3 is 5.97 Å². The monoisotopic (exact) mass is 168 g/mol. The molecule has 0 bridgehead atoms. The maximum Gasteiger partial charge on any atom is 0.328 e. The molecule has 2 rings (SSSR count). The quantitative estimate of drug-likeness (QED) is 0.306. The van der Waals surface area contributed by atoms with E-state index in [4.69, 9.17) is 4.74 Å². The van der Waals surface area contributed by atoms with E-state index < -0.39 is 23.0 Å². The summed E-state index contributed by atoms with van der Waals surface area (Å²) in [4.78, 5) is 33.0. The molecule has 1 aliphatic carbocycles. The highest BCUT2D eigenvalue weighted by molar-refractivity contribution is 6.69. The van der Waals surface area contributed by atoms with Crippen LogP contribution in [0.3, 0.4) is 0 Å². The summed E-state index contributed by atoms with van der Waals surface area (Å²) in [6.07, 6.45) is 0.628. The highest BCUT2D eigenvalue weighted by atomic mass is 16.5. The standard InChI is InChI=1S/C8H8O4/c1-2-4-3-12-7(11)8(4)5(9)6(8)10/h4H,2-3H2,1H3. The first-order valence-electron chi connectivity index (χ1n) is 3.92. The van der Waals surface area contributed by atoms with E-state index in [-0.39, 0.29) is 12.5 Å². The third-order valence-corrected chi connectivity index (χ3v) is 2.70. The van der Waals surface area contributed by atoms with Crippen LogP contribution < -0.4 is 0 Å². The SMILES string of the molecule is CCC1COC(=O)C12C(=O)C2=O. The Bertz CT molecular complexity index is 277. The van der Waals surface area contributed by atoms with Gasteiger partial charge in [0, 0.05) is 5.92 Å². The third kappa shape index (κ3) is 0.531. The number of hydrogen-bond acceptors (Lipinski definition) is 4. The Balaban J connectivity index is 2.40. The molecule has 0 aromatic heterocycles. The highest BCUT2D eigenvalue weighted by Gasteiger charge is 2.77. The molecule has 1 aliphatic heterocycles. The summed E-state index contributed by atoms with van der Waals surface area (Å²) in [5.41, 5.74) is -1.35. The molecule has 0 aromatic carbocycles. The van der Waals surface area contributed by atoms with Gasteiger partial charge in [-0.15, -0.1) is 0 Å². The van der Waals surface area contributed by atoms with Crippen molar-refractivity contribution >= 4 is 17.5 Å². The van der Waals surface area contributed by atoms with E-state index in [1.807, 2.05) is 6.92 Å². The van der Waals surface area contributed by atoms with Gasteiger partial charge in [0.25, 0.3) is 0 Å². The zero-order chi connectivity index (χ0) is 8.93. The first-order chi connectivity index (χ1) is 5.65. The molecule has 0 amide bonds. The van der Waals surface area contributed by atoms with E-state index >= 15 is 0 Å². The molecule has 2 fully saturated rings. The summed E-state index contributed by atoms with van der Waals surface area (Å²) in [7, 11) is 0. The van der Waals surface area contributed by atoms with Gasteiger partial charge < -0.3 is 4.74 Å². The van der Waals surface area contributed by atoms with Crippen molar-refractivity contribution in [3.63, 3.8) is 0 Å². The van der Waals surface area contributed by atoms with Gasteiger partial charge in [-0.25, -0.2) is 0 Å². The van der Waals surface area contributed by atoms with Crippen LogP contribution in [0.15, 0.2) is 0 Å². The summed E-state index contributed by atoms with van der Waals surface area (Å²) in [6.45, 7) is 2.06. The minimum atomic E-state index is -1.35. The maximum atomic E-state index is 11.1. The Morgan fingerprint density at radius 3 is 2.33 bits per heavy atom. The summed E-state index contributed by atoms with van der Waals surface area (Å²) in [5.74, 6) is -1.97. The van der Waals surface area contributed by atoms with Crippen LogP contribution in [0, 0.1) is 11.3 Å². The number of cyclic esters (lactones) is 1. The first kappa shape index (κ1) is 7.46. The second kappa shape index (κ2) is 1.94. The summed E-state index contributed by atoms with van der Waals surface area (Å²) in [5, 5.41) is 0. The molecular weight excluding hydrogens is 160 g/mol. The normalized spacial score (nSPS) is 31.1. The van der Waals surface area contributed by atoms with Gasteiger partial charge in [0.05, 0.1) is 6.61 Å². The Hall–Kier alpha value is -1.19. The van der Waals surface area contributed by atoms with Gasteiger partial charge in [0.15, 0.2) is 0 Å². The van der Waals surface area contributed by atoms with Crippen molar-refractivity contribution in [3.8, 4) is 0 Å². The average molecular weight is 168 g/mol. The number of Topliss-reactive ketones (excluding diaryl/α,β-unsaturated/α-hetero) is 2. The van der Waals surface area contributed by atoms with Crippen molar-refractivity contribution in [1.82, 2.24) is 0 Å². The zero-order valence-electron chi connectivity index (χ0n) is 6.62. The molecular formula is C8H8O4. The Labute approximate surface area is 68.9 Å². The Kier molecular flexibility index (Phi) is 1.21. The molecule has 12 heavy (non-hydrogen) atoms. The average Bonchev–Trinajstić information content (AvgIpc) is 2.45. The van der Waals surface area contributed by atoms with Crippen molar-refractivity contribution in [1.29, 1.82) is 0 Å². The van der Waals surface area contributed by atoms with Crippen LogP contribution in [0.4, 0.5) is 0 Å². The summed E-state index contributed by atoms with van der Waals surface area (Å²) >= 11 is 0.